The number of nitriles is 1. The van der Waals surface area contributed by atoms with Crippen LogP contribution in [0.2, 0.25) is 5.02 Å². The second-order valence-electron chi connectivity index (χ2n) is 6.01. The number of carbonyl (C=O) groups is 1. The second kappa shape index (κ2) is 9.11. The largest absolute Gasteiger partial charge is 0.489 e. The number of ether oxygens (including phenoxy) is 2. The Labute approximate surface area is 163 Å². The SMILES string of the molecule is Cc1ccc(C)c(OCCOc2ccc(Cl)cc2C=C(C#N)C(=O)O)c1C. The molecule has 1 N–H and O–H groups in total. The summed E-state index contributed by atoms with van der Waals surface area (Å²) in [5, 5.41) is 18.4. The normalized spacial score (nSPS) is 11.0. The second-order valence-corrected chi connectivity index (χ2v) is 6.44. The van der Waals surface area contributed by atoms with E-state index in [1.165, 1.54) is 6.08 Å². The van der Waals surface area contributed by atoms with Gasteiger partial charge in [-0.05, 0) is 61.7 Å². The summed E-state index contributed by atoms with van der Waals surface area (Å²) >= 11 is 5.97. The molecule has 0 fully saturated rings. The van der Waals surface area contributed by atoms with Gasteiger partial charge in [-0.1, -0.05) is 23.7 Å². The van der Waals surface area contributed by atoms with E-state index in [9.17, 15) is 4.79 Å². The average Bonchev–Trinajstić information content (AvgIpc) is 2.63. The van der Waals surface area contributed by atoms with Crippen molar-refractivity contribution in [3.05, 3.63) is 63.2 Å². The molecule has 2 aromatic carbocycles. The molecule has 0 saturated heterocycles. The zero-order chi connectivity index (χ0) is 20.0. The Morgan fingerprint density at radius 1 is 1.15 bits per heavy atom. The van der Waals surface area contributed by atoms with Crippen LogP contribution in [0.25, 0.3) is 6.08 Å². The molecule has 27 heavy (non-hydrogen) atoms. The number of nitrogens with zero attached hydrogens (tertiary/aromatic N) is 1. The standard InChI is InChI=1S/C21H20ClNO4/c1-13-4-5-14(2)20(15(13)3)27-9-8-26-19-7-6-18(22)11-16(19)10-17(12-23)21(24)25/h4-7,10-11H,8-9H2,1-3H3,(H,24,25). The molecule has 6 heteroatoms. The summed E-state index contributed by atoms with van der Waals surface area (Å²) in [6.45, 7) is 6.60. The van der Waals surface area contributed by atoms with Crippen molar-refractivity contribution >= 4 is 23.6 Å². The van der Waals surface area contributed by atoms with Crippen LogP contribution in [0, 0.1) is 32.1 Å². The predicted molar refractivity (Wildman–Crippen MR) is 104 cm³/mol. The summed E-state index contributed by atoms with van der Waals surface area (Å²) in [5.41, 5.74) is 3.31. The van der Waals surface area contributed by atoms with Gasteiger partial charge in [0.2, 0.25) is 0 Å². The van der Waals surface area contributed by atoms with E-state index in [1.807, 2.05) is 26.8 Å². The van der Waals surface area contributed by atoms with Crippen LogP contribution in [-0.4, -0.2) is 24.3 Å². The Kier molecular flexibility index (Phi) is 6.86. The van der Waals surface area contributed by atoms with Crippen LogP contribution in [0.4, 0.5) is 0 Å². The number of benzene rings is 2. The van der Waals surface area contributed by atoms with Crippen molar-refractivity contribution in [2.75, 3.05) is 13.2 Å². The maximum atomic E-state index is 11.1. The fourth-order valence-corrected chi connectivity index (χ4v) is 2.68. The molecular formula is C21H20ClNO4. The monoisotopic (exact) mass is 385 g/mol. The van der Waals surface area contributed by atoms with Crippen molar-refractivity contribution < 1.29 is 19.4 Å². The van der Waals surface area contributed by atoms with Crippen molar-refractivity contribution in [3.63, 3.8) is 0 Å². The topological polar surface area (TPSA) is 79.5 Å². The first-order valence-corrected chi connectivity index (χ1v) is 8.68. The Hall–Kier alpha value is -2.97. The van der Waals surface area contributed by atoms with E-state index in [-0.39, 0.29) is 6.61 Å². The summed E-state index contributed by atoms with van der Waals surface area (Å²) in [6, 6.07) is 10.5. The van der Waals surface area contributed by atoms with E-state index in [1.54, 1.807) is 24.3 Å². The number of aliphatic carboxylic acids is 1. The van der Waals surface area contributed by atoms with Crippen LogP contribution in [0.15, 0.2) is 35.9 Å². The lowest BCUT2D eigenvalue weighted by atomic mass is 10.1. The number of hydrogen-bond donors (Lipinski definition) is 1. The molecule has 0 aliphatic carbocycles. The first kappa shape index (κ1) is 20.3. The van der Waals surface area contributed by atoms with E-state index in [4.69, 9.17) is 31.4 Å². The minimum atomic E-state index is -1.31. The summed E-state index contributed by atoms with van der Waals surface area (Å²) in [4.78, 5) is 11.1. The van der Waals surface area contributed by atoms with Crippen molar-refractivity contribution in [1.29, 1.82) is 5.26 Å². The summed E-state index contributed by atoms with van der Waals surface area (Å²) in [5.74, 6) is -0.0423. The third kappa shape index (κ3) is 5.25. The lowest BCUT2D eigenvalue weighted by Crippen LogP contribution is -2.11. The summed E-state index contributed by atoms with van der Waals surface area (Å²) < 4.78 is 11.6. The van der Waals surface area contributed by atoms with Gasteiger partial charge in [-0.3, -0.25) is 0 Å². The van der Waals surface area contributed by atoms with E-state index < -0.39 is 11.5 Å². The third-order valence-corrected chi connectivity index (χ3v) is 4.32. The highest BCUT2D eigenvalue weighted by Crippen LogP contribution is 2.27. The lowest BCUT2D eigenvalue weighted by molar-refractivity contribution is -0.132. The fraction of sp³-hybridized carbons (Fsp3) is 0.238. The highest BCUT2D eigenvalue weighted by atomic mass is 35.5. The third-order valence-electron chi connectivity index (χ3n) is 4.08. The number of carboxylic acids is 1. The van der Waals surface area contributed by atoms with Crippen molar-refractivity contribution in [3.8, 4) is 17.6 Å². The Morgan fingerprint density at radius 2 is 1.81 bits per heavy atom. The maximum absolute atomic E-state index is 11.1. The molecule has 0 heterocycles. The van der Waals surface area contributed by atoms with Gasteiger partial charge in [0.25, 0.3) is 0 Å². The quantitative estimate of drug-likeness (QED) is 0.424. The fourth-order valence-electron chi connectivity index (χ4n) is 2.50. The molecule has 0 radical (unpaired) electrons. The summed E-state index contributed by atoms with van der Waals surface area (Å²) in [7, 11) is 0. The number of carboxylic acid groups (broad SMARTS) is 1. The van der Waals surface area contributed by atoms with Crippen LogP contribution < -0.4 is 9.47 Å². The molecule has 0 bridgehead atoms. The molecule has 0 saturated carbocycles. The first-order valence-electron chi connectivity index (χ1n) is 8.30. The van der Waals surface area contributed by atoms with Crippen LogP contribution in [0.5, 0.6) is 11.5 Å². The van der Waals surface area contributed by atoms with Crippen LogP contribution in [0.3, 0.4) is 0 Å². The van der Waals surface area contributed by atoms with E-state index >= 15 is 0 Å². The van der Waals surface area contributed by atoms with E-state index in [0.717, 1.165) is 22.4 Å². The van der Waals surface area contributed by atoms with Gasteiger partial charge < -0.3 is 14.6 Å². The van der Waals surface area contributed by atoms with Crippen molar-refractivity contribution in [2.24, 2.45) is 0 Å². The summed E-state index contributed by atoms with van der Waals surface area (Å²) in [6.07, 6.45) is 1.24. The minimum Gasteiger partial charge on any atom is -0.489 e. The molecule has 2 rings (SSSR count). The van der Waals surface area contributed by atoms with E-state index in [0.29, 0.717) is 22.9 Å². The van der Waals surface area contributed by atoms with Crippen molar-refractivity contribution in [1.82, 2.24) is 0 Å². The number of hydrogen-bond acceptors (Lipinski definition) is 4. The van der Waals surface area contributed by atoms with Gasteiger partial charge in [0.1, 0.15) is 36.4 Å². The average molecular weight is 386 g/mol. The van der Waals surface area contributed by atoms with Gasteiger partial charge in [0.05, 0.1) is 0 Å². The molecule has 0 aromatic heterocycles. The highest BCUT2D eigenvalue weighted by Gasteiger charge is 2.10. The molecule has 0 spiro atoms. The Balaban J connectivity index is 2.10. The lowest BCUT2D eigenvalue weighted by Gasteiger charge is -2.15. The molecule has 140 valence electrons. The molecule has 5 nitrogen and oxygen atoms in total. The van der Waals surface area contributed by atoms with Crippen LogP contribution in [0.1, 0.15) is 22.3 Å². The zero-order valence-electron chi connectivity index (χ0n) is 15.4. The first-order chi connectivity index (χ1) is 12.8. The van der Waals surface area contributed by atoms with Crippen molar-refractivity contribution in [2.45, 2.75) is 20.8 Å². The molecule has 0 aliphatic heterocycles. The molecule has 0 amide bonds. The van der Waals surface area contributed by atoms with Gasteiger partial charge in [-0.2, -0.15) is 5.26 Å². The Morgan fingerprint density at radius 3 is 2.48 bits per heavy atom. The van der Waals surface area contributed by atoms with Gasteiger partial charge >= 0.3 is 5.97 Å². The van der Waals surface area contributed by atoms with Crippen LogP contribution >= 0.6 is 11.6 Å². The number of halogens is 1. The molecule has 2 aromatic rings. The number of aryl methyl sites for hydroxylation is 2. The van der Waals surface area contributed by atoms with Gasteiger partial charge in [-0.15, -0.1) is 0 Å². The van der Waals surface area contributed by atoms with Gasteiger partial charge in [-0.25, -0.2) is 4.79 Å². The van der Waals surface area contributed by atoms with Crippen LogP contribution in [-0.2, 0) is 4.79 Å². The van der Waals surface area contributed by atoms with E-state index in [2.05, 4.69) is 6.07 Å². The van der Waals surface area contributed by atoms with Gasteiger partial charge in [0, 0.05) is 10.6 Å². The predicted octanol–water partition coefficient (Wildman–Crippen LogP) is 4.71. The molecule has 0 unspecified atom stereocenters. The maximum Gasteiger partial charge on any atom is 0.346 e. The molecular weight excluding hydrogens is 366 g/mol. The minimum absolute atomic E-state index is 0.254. The number of rotatable bonds is 7. The Bertz CT molecular complexity index is 929. The smallest absolute Gasteiger partial charge is 0.346 e. The molecule has 0 atom stereocenters. The van der Waals surface area contributed by atoms with Gasteiger partial charge in [0.15, 0.2) is 0 Å². The highest BCUT2D eigenvalue weighted by molar-refractivity contribution is 6.30. The zero-order valence-corrected chi connectivity index (χ0v) is 16.1. The molecule has 0 aliphatic rings.